The summed E-state index contributed by atoms with van der Waals surface area (Å²) >= 11 is 0. The largest absolute Gasteiger partial charge is 0.465 e. The average Bonchev–Trinajstić information content (AvgIpc) is 2.64. The fourth-order valence-electron chi connectivity index (χ4n) is 4.56. The van der Waals surface area contributed by atoms with E-state index in [0.29, 0.717) is 5.92 Å². The fourth-order valence-corrected chi connectivity index (χ4v) is 4.56. The van der Waals surface area contributed by atoms with E-state index in [9.17, 15) is 15.0 Å². The Morgan fingerprint density at radius 2 is 1.94 bits per heavy atom. The van der Waals surface area contributed by atoms with Crippen LogP contribution in [0, 0.1) is 29.1 Å². The summed E-state index contributed by atoms with van der Waals surface area (Å²) in [5.74, 6) is 0.339. The van der Waals surface area contributed by atoms with Gasteiger partial charge in [-0.2, -0.15) is 0 Å². The van der Waals surface area contributed by atoms with Crippen LogP contribution in [0.3, 0.4) is 0 Å². The number of fused-ring (bicyclic) bond motifs is 3. The van der Waals surface area contributed by atoms with Crippen LogP contribution < -0.4 is 0 Å². The lowest BCUT2D eigenvalue weighted by Crippen LogP contribution is -2.59. The number of rotatable bonds is 0. The first-order chi connectivity index (χ1) is 8.46. The molecule has 0 bridgehead atoms. The third kappa shape index (κ3) is 1.42. The fraction of sp³-hybridized carbons (Fsp3) is 0.929. The van der Waals surface area contributed by atoms with Gasteiger partial charge in [-0.05, 0) is 37.5 Å². The molecule has 0 aromatic heterocycles. The molecule has 0 aromatic rings. The third-order valence-corrected chi connectivity index (χ3v) is 5.74. The Balaban J connectivity index is 1.99. The van der Waals surface area contributed by atoms with E-state index in [0.717, 1.165) is 19.3 Å². The quantitative estimate of drug-likeness (QED) is 0.632. The van der Waals surface area contributed by atoms with Crippen molar-refractivity contribution < 1.29 is 19.7 Å². The smallest absolute Gasteiger partial charge is 0.312 e. The van der Waals surface area contributed by atoms with E-state index >= 15 is 0 Å². The van der Waals surface area contributed by atoms with Crippen molar-refractivity contribution in [3.8, 4) is 0 Å². The predicted molar refractivity (Wildman–Crippen MR) is 64.6 cm³/mol. The van der Waals surface area contributed by atoms with Crippen LogP contribution in [0.25, 0.3) is 0 Å². The lowest BCUT2D eigenvalue weighted by molar-refractivity contribution is -0.175. The number of aliphatic hydroxyl groups excluding tert-OH is 2. The molecular weight excluding hydrogens is 232 g/mol. The number of carbonyl (C=O) groups is 1. The average molecular weight is 254 g/mol. The van der Waals surface area contributed by atoms with Crippen molar-refractivity contribution in [2.45, 2.75) is 45.3 Å². The summed E-state index contributed by atoms with van der Waals surface area (Å²) in [6.07, 6.45) is 1.42. The van der Waals surface area contributed by atoms with Gasteiger partial charge in [0.1, 0.15) is 0 Å². The van der Waals surface area contributed by atoms with Crippen LogP contribution in [0.1, 0.15) is 33.1 Å². The molecule has 4 heteroatoms. The molecule has 1 heterocycles. The lowest BCUT2D eigenvalue weighted by atomic mass is 9.52. The number of ether oxygens (including phenoxy) is 1. The van der Waals surface area contributed by atoms with Gasteiger partial charge in [0.2, 0.25) is 0 Å². The minimum Gasteiger partial charge on any atom is -0.465 e. The summed E-state index contributed by atoms with van der Waals surface area (Å²) in [6.45, 7) is 4.36. The standard InChI is InChI=1S/C14H22O4/c1-7-3-4-9-8(5-7)11(15)12(16)10-6-18-13(17)14(9,10)2/h7-12,15-16H,3-6H2,1-2H3/t7-,8?,9?,10-,11?,12?,14+/m0/s1. The zero-order chi connectivity index (χ0) is 13.1. The van der Waals surface area contributed by atoms with Crippen LogP contribution >= 0.6 is 0 Å². The van der Waals surface area contributed by atoms with Gasteiger partial charge in [-0.1, -0.05) is 13.3 Å². The first-order valence-corrected chi connectivity index (χ1v) is 6.99. The maximum absolute atomic E-state index is 12.1. The zero-order valence-corrected chi connectivity index (χ0v) is 11.0. The summed E-state index contributed by atoms with van der Waals surface area (Å²) in [4.78, 5) is 12.1. The molecule has 1 aliphatic heterocycles. The second-order valence-corrected chi connectivity index (χ2v) is 6.66. The summed E-state index contributed by atoms with van der Waals surface area (Å²) in [7, 11) is 0. The van der Waals surface area contributed by atoms with Crippen LogP contribution in [0.15, 0.2) is 0 Å². The first kappa shape index (κ1) is 12.4. The molecule has 0 radical (unpaired) electrons. The number of hydrogen-bond acceptors (Lipinski definition) is 4. The zero-order valence-electron chi connectivity index (χ0n) is 11.0. The monoisotopic (exact) mass is 254 g/mol. The highest BCUT2D eigenvalue weighted by atomic mass is 16.5. The van der Waals surface area contributed by atoms with Gasteiger partial charge in [0.15, 0.2) is 0 Å². The molecule has 18 heavy (non-hydrogen) atoms. The van der Waals surface area contributed by atoms with Crippen molar-refractivity contribution in [2.75, 3.05) is 6.61 Å². The number of aliphatic hydroxyl groups is 2. The van der Waals surface area contributed by atoms with Gasteiger partial charge >= 0.3 is 5.97 Å². The topological polar surface area (TPSA) is 66.8 Å². The molecule has 2 aliphatic carbocycles. The predicted octanol–water partition coefficient (Wildman–Crippen LogP) is 0.954. The van der Waals surface area contributed by atoms with Gasteiger partial charge in [0, 0.05) is 5.92 Å². The molecule has 3 rings (SSSR count). The molecule has 0 aromatic carbocycles. The Morgan fingerprint density at radius 1 is 1.22 bits per heavy atom. The summed E-state index contributed by atoms with van der Waals surface area (Å²) in [6, 6.07) is 0. The Kier molecular flexibility index (Phi) is 2.72. The molecule has 0 spiro atoms. The highest BCUT2D eigenvalue weighted by Crippen LogP contribution is 2.57. The molecule has 4 unspecified atom stereocenters. The maximum Gasteiger partial charge on any atom is 0.312 e. The van der Waals surface area contributed by atoms with E-state index in [4.69, 9.17) is 4.74 Å². The SMILES string of the molecule is C[C@H]1CCC2C(C1)C(O)C(O)[C@@H]1COC(=O)[C@]21C. The molecule has 1 saturated heterocycles. The second kappa shape index (κ2) is 3.94. The number of cyclic esters (lactones) is 1. The molecule has 2 saturated carbocycles. The summed E-state index contributed by atoms with van der Waals surface area (Å²) in [5, 5.41) is 20.6. The van der Waals surface area contributed by atoms with Crippen LogP contribution in [0.2, 0.25) is 0 Å². The van der Waals surface area contributed by atoms with Crippen molar-refractivity contribution in [2.24, 2.45) is 29.1 Å². The van der Waals surface area contributed by atoms with Crippen molar-refractivity contribution in [3.63, 3.8) is 0 Å². The molecular formula is C14H22O4. The van der Waals surface area contributed by atoms with Crippen LogP contribution in [0.5, 0.6) is 0 Å². The molecule has 3 fully saturated rings. The third-order valence-electron chi connectivity index (χ3n) is 5.74. The van der Waals surface area contributed by atoms with E-state index < -0.39 is 17.6 Å². The van der Waals surface area contributed by atoms with E-state index in [1.807, 2.05) is 6.92 Å². The Hall–Kier alpha value is -0.610. The normalized spacial score (nSPS) is 55.7. The van der Waals surface area contributed by atoms with Crippen molar-refractivity contribution >= 4 is 5.97 Å². The van der Waals surface area contributed by atoms with Gasteiger partial charge < -0.3 is 14.9 Å². The molecule has 102 valence electrons. The molecule has 3 aliphatic rings. The van der Waals surface area contributed by atoms with E-state index in [2.05, 4.69) is 6.92 Å². The Labute approximate surface area is 107 Å². The highest BCUT2D eigenvalue weighted by molar-refractivity contribution is 5.79. The number of hydrogen-bond donors (Lipinski definition) is 2. The molecule has 7 atom stereocenters. The van der Waals surface area contributed by atoms with Gasteiger partial charge in [-0.15, -0.1) is 0 Å². The van der Waals surface area contributed by atoms with Crippen molar-refractivity contribution in [1.29, 1.82) is 0 Å². The minimum absolute atomic E-state index is 0.0376. The molecule has 0 amide bonds. The lowest BCUT2D eigenvalue weighted by Gasteiger charge is -2.52. The summed E-state index contributed by atoms with van der Waals surface area (Å²) < 4.78 is 5.19. The summed E-state index contributed by atoms with van der Waals surface area (Å²) in [5.41, 5.74) is -0.594. The first-order valence-electron chi connectivity index (χ1n) is 6.99. The second-order valence-electron chi connectivity index (χ2n) is 6.66. The van der Waals surface area contributed by atoms with E-state index in [1.54, 1.807) is 0 Å². The number of esters is 1. The minimum atomic E-state index is -0.826. The van der Waals surface area contributed by atoms with Crippen molar-refractivity contribution in [3.05, 3.63) is 0 Å². The van der Waals surface area contributed by atoms with Gasteiger partial charge in [0.25, 0.3) is 0 Å². The molecule has 4 nitrogen and oxygen atoms in total. The van der Waals surface area contributed by atoms with Gasteiger partial charge in [0.05, 0.1) is 24.2 Å². The Morgan fingerprint density at radius 3 is 2.67 bits per heavy atom. The van der Waals surface area contributed by atoms with Crippen LogP contribution in [-0.2, 0) is 9.53 Å². The maximum atomic E-state index is 12.1. The van der Waals surface area contributed by atoms with Crippen LogP contribution in [-0.4, -0.2) is 35.0 Å². The van der Waals surface area contributed by atoms with Crippen molar-refractivity contribution in [1.82, 2.24) is 0 Å². The van der Waals surface area contributed by atoms with Gasteiger partial charge in [-0.25, -0.2) is 0 Å². The van der Waals surface area contributed by atoms with E-state index in [-0.39, 0.29) is 30.3 Å². The highest BCUT2D eigenvalue weighted by Gasteiger charge is 2.64. The van der Waals surface area contributed by atoms with E-state index in [1.165, 1.54) is 0 Å². The Bertz CT molecular complexity index is 369. The van der Waals surface area contributed by atoms with Gasteiger partial charge in [-0.3, -0.25) is 4.79 Å². The van der Waals surface area contributed by atoms with Crippen LogP contribution in [0.4, 0.5) is 0 Å². The number of carbonyl (C=O) groups excluding carboxylic acids is 1. The molecule has 2 N–H and O–H groups in total.